The summed E-state index contributed by atoms with van der Waals surface area (Å²) in [6.45, 7) is 2.64. The lowest BCUT2D eigenvalue weighted by molar-refractivity contribution is -0.114. The van der Waals surface area contributed by atoms with Gasteiger partial charge in [-0.15, -0.1) is 10.2 Å². The Balaban J connectivity index is 1.78. The molecule has 7 nitrogen and oxygen atoms in total. The van der Waals surface area contributed by atoms with E-state index in [0.717, 1.165) is 18.5 Å². The molecule has 3 aromatic rings. The molecule has 9 heteroatoms. The molecule has 0 aliphatic carbocycles. The predicted octanol–water partition coefficient (Wildman–Crippen LogP) is 3.40. The summed E-state index contributed by atoms with van der Waals surface area (Å²) in [4.78, 5) is 11.7. The van der Waals surface area contributed by atoms with Gasteiger partial charge in [0.2, 0.25) is 10.0 Å². The average molecular weight is 443 g/mol. The van der Waals surface area contributed by atoms with Gasteiger partial charge in [-0.3, -0.25) is 9.36 Å². The van der Waals surface area contributed by atoms with E-state index in [0.29, 0.717) is 29.6 Å². The fourth-order valence-electron chi connectivity index (χ4n) is 3.40. The molecule has 2 heterocycles. The summed E-state index contributed by atoms with van der Waals surface area (Å²) in [6, 6.07) is 16.4. The zero-order valence-corrected chi connectivity index (χ0v) is 18.2. The van der Waals surface area contributed by atoms with E-state index in [1.54, 1.807) is 18.2 Å². The Bertz CT molecular complexity index is 1150. The molecule has 0 atom stereocenters. The number of para-hydroxylation sites is 1. The minimum atomic E-state index is -3.54. The Labute approximate surface area is 180 Å². The van der Waals surface area contributed by atoms with Crippen LogP contribution in [0.4, 0.5) is 0 Å². The number of thioether (sulfide) groups is 1. The van der Waals surface area contributed by atoms with Gasteiger partial charge in [0.05, 0.1) is 10.6 Å². The Morgan fingerprint density at radius 2 is 1.77 bits per heavy atom. The maximum Gasteiger partial charge on any atom is 0.243 e. The number of nitrogens with zero attached hydrogens (tertiary/aromatic N) is 4. The smallest absolute Gasteiger partial charge is 0.243 e. The molecule has 0 bridgehead atoms. The summed E-state index contributed by atoms with van der Waals surface area (Å²) >= 11 is 1.31. The zero-order valence-electron chi connectivity index (χ0n) is 16.6. The van der Waals surface area contributed by atoms with E-state index in [1.807, 2.05) is 41.0 Å². The number of Topliss-reactive ketones (excluding diaryl/α,β-unsaturated/α-hetero) is 1. The first-order valence-corrected chi connectivity index (χ1v) is 12.1. The summed E-state index contributed by atoms with van der Waals surface area (Å²) in [6.07, 6.45) is 1.77. The molecule has 0 amide bonds. The molecule has 1 fully saturated rings. The molecule has 0 saturated carbocycles. The topological polar surface area (TPSA) is 85.2 Å². The van der Waals surface area contributed by atoms with Crippen molar-refractivity contribution in [3.05, 3.63) is 54.6 Å². The van der Waals surface area contributed by atoms with Gasteiger partial charge in [-0.25, -0.2) is 8.42 Å². The molecule has 0 spiro atoms. The van der Waals surface area contributed by atoms with Crippen molar-refractivity contribution in [1.82, 2.24) is 19.1 Å². The van der Waals surface area contributed by atoms with E-state index in [4.69, 9.17) is 0 Å². The number of sulfonamides is 1. The van der Waals surface area contributed by atoms with Gasteiger partial charge in [-0.1, -0.05) is 42.1 Å². The van der Waals surface area contributed by atoms with E-state index < -0.39 is 10.0 Å². The maximum absolute atomic E-state index is 13.0. The number of hydrogen-bond donors (Lipinski definition) is 0. The Kier molecular flexibility index (Phi) is 6.03. The summed E-state index contributed by atoms with van der Waals surface area (Å²) in [5.74, 6) is 0.863. The highest BCUT2D eigenvalue weighted by Gasteiger charge is 2.28. The van der Waals surface area contributed by atoms with Gasteiger partial charge in [0.25, 0.3) is 0 Å². The van der Waals surface area contributed by atoms with Crippen molar-refractivity contribution in [1.29, 1.82) is 0 Å². The highest BCUT2D eigenvalue weighted by Crippen LogP contribution is 2.30. The monoisotopic (exact) mass is 442 g/mol. The Hall–Kier alpha value is -2.49. The van der Waals surface area contributed by atoms with Crippen LogP contribution in [0.5, 0.6) is 0 Å². The van der Waals surface area contributed by atoms with Crippen molar-refractivity contribution >= 4 is 27.6 Å². The molecule has 1 aliphatic heterocycles. The fourth-order valence-corrected chi connectivity index (χ4v) is 5.71. The molecule has 0 N–H and O–H groups in total. The first-order valence-electron chi connectivity index (χ1n) is 9.70. The molecule has 30 heavy (non-hydrogen) atoms. The third kappa shape index (κ3) is 4.19. The Morgan fingerprint density at radius 3 is 2.47 bits per heavy atom. The minimum absolute atomic E-state index is 0.0443. The van der Waals surface area contributed by atoms with Crippen LogP contribution >= 0.6 is 11.8 Å². The molecule has 1 aromatic heterocycles. The fraction of sp³-hybridized carbons (Fsp3) is 0.286. The Morgan fingerprint density at radius 1 is 1.03 bits per heavy atom. The highest BCUT2D eigenvalue weighted by molar-refractivity contribution is 7.99. The normalized spacial score (nSPS) is 14.8. The zero-order chi connectivity index (χ0) is 21.1. The van der Waals surface area contributed by atoms with Crippen molar-refractivity contribution in [3.8, 4) is 17.1 Å². The van der Waals surface area contributed by atoms with E-state index in [9.17, 15) is 13.2 Å². The lowest BCUT2D eigenvalue weighted by Gasteiger charge is -2.16. The van der Waals surface area contributed by atoms with E-state index in [2.05, 4.69) is 10.2 Å². The van der Waals surface area contributed by atoms with Gasteiger partial charge in [-0.2, -0.15) is 4.31 Å². The van der Waals surface area contributed by atoms with Crippen LogP contribution in [0, 0.1) is 0 Å². The van der Waals surface area contributed by atoms with E-state index in [1.165, 1.54) is 23.0 Å². The lowest BCUT2D eigenvalue weighted by atomic mass is 10.2. The second-order valence-corrected chi connectivity index (χ2v) is 9.99. The van der Waals surface area contributed by atoms with Crippen molar-refractivity contribution in [2.75, 3.05) is 18.8 Å². The number of ketones is 1. The van der Waals surface area contributed by atoms with Crippen LogP contribution in [0.25, 0.3) is 17.1 Å². The van der Waals surface area contributed by atoms with Crippen molar-refractivity contribution in [3.63, 3.8) is 0 Å². The van der Waals surface area contributed by atoms with E-state index >= 15 is 0 Å². The molecule has 4 rings (SSSR count). The van der Waals surface area contributed by atoms with Gasteiger partial charge in [0, 0.05) is 24.3 Å². The van der Waals surface area contributed by atoms with Gasteiger partial charge < -0.3 is 0 Å². The van der Waals surface area contributed by atoms with Crippen LogP contribution in [-0.4, -0.2) is 52.1 Å². The molecule has 1 aliphatic rings. The number of carbonyl (C=O) groups is 1. The van der Waals surface area contributed by atoms with Crippen molar-refractivity contribution < 1.29 is 13.2 Å². The van der Waals surface area contributed by atoms with Crippen LogP contribution in [0.2, 0.25) is 0 Å². The summed E-state index contributed by atoms with van der Waals surface area (Å²) in [5.41, 5.74) is 1.50. The van der Waals surface area contributed by atoms with Crippen LogP contribution in [0.3, 0.4) is 0 Å². The molecule has 0 radical (unpaired) electrons. The number of carbonyl (C=O) groups excluding carboxylic acids is 1. The standard InChI is InChI=1S/C21H22N4O3S2/c1-16(26)15-29-21-23-22-20(25(21)18-9-3-2-4-10-18)17-8-7-11-19(14-17)30(27,28)24-12-5-6-13-24/h2-4,7-11,14H,5-6,12-13,15H2,1H3. The summed E-state index contributed by atoms with van der Waals surface area (Å²) in [5, 5.41) is 9.19. The van der Waals surface area contributed by atoms with Crippen molar-refractivity contribution in [2.24, 2.45) is 0 Å². The number of hydrogen-bond acceptors (Lipinski definition) is 6. The molecule has 1 saturated heterocycles. The molecule has 0 unspecified atom stereocenters. The largest absolute Gasteiger partial charge is 0.299 e. The highest BCUT2D eigenvalue weighted by atomic mass is 32.2. The number of rotatable bonds is 7. The third-order valence-corrected chi connectivity index (χ3v) is 7.82. The number of benzene rings is 2. The first-order chi connectivity index (χ1) is 14.5. The van der Waals surface area contributed by atoms with E-state index in [-0.39, 0.29) is 16.4 Å². The molecule has 156 valence electrons. The van der Waals surface area contributed by atoms with Crippen LogP contribution in [-0.2, 0) is 14.8 Å². The predicted molar refractivity (Wildman–Crippen MR) is 116 cm³/mol. The van der Waals surface area contributed by atoms with Gasteiger partial charge in [-0.05, 0) is 44.0 Å². The van der Waals surface area contributed by atoms with Crippen LogP contribution < -0.4 is 0 Å². The van der Waals surface area contributed by atoms with Crippen LogP contribution in [0.1, 0.15) is 19.8 Å². The van der Waals surface area contributed by atoms with Gasteiger partial charge in [0.15, 0.2) is 11.0 Å². The SMILES string of the molecule is CC(=O)CSc1nnc(-c2cccc(S(=O)(=O)N3CCCC3)c2)n1-c1ccccc1. The lowest BCUT2D eigenvalue weighted by Crippen LogP contribution is -2.27. The molecular weight excluding hydrogens is 420 g/mol. The second kappa shape index (κ2) is 8.71. The number of aromatic nitrogens is 3. The minimum Gasteiger partial charge on any atom is -0.299 e. The second-order valence-electron chi connectivity index (χ2n) is 7.11. The summed E-state index contributed by atoms with van der Waals surface area (Å²) in [7, 11) is -3.54. The average Bonchev–Trinajstić information content (AvgIpc) is 3.43. The first kappa shape index (κ1) is 20.8. The molecule has 2 aromatic carbocycles. The maximum atomic E-state index is 13.0. The molecular formula is C21H22N4O3S2. The quantitative estimate of drug-likeness (QED) is 0.522. The van der Waals surface area contributed by atoms with Crippen LogP contribution in [0.15, 0.2) is 64.6 Å². The summed E-state index contributed by atoms with van der Waals surface area (Å²) < 4.78 is 29.4. The third-order valence-electron chi connectivity index (χ3n) is 4.85. The van der Waals surface area contributed by atoms with Gasteiger partial charge in [0.1, 0.15) is 5.78 Å². The van der Waals surface area contributed by atoms with Crippen molar-refractivity contribution in [2.45, 2.75) is 29.8 Å². The van der Waals surface area contributed by atoms with Gasteiger partial charge >= 0.3 is 0 Å².